The van der Waals surface area contributed by atoms with Crippen molar-refractivity contribution in [1.82, 2.24) is 5.32 Å². The average molecular weight is 229 g/mol. The first-order valence-electron chi connectivity index (χ1n) is 6.59. The molecule has 2 heteroatoms. The quantitative estimate of drug-likeness (QED) is 0.802. The van der Waals surface area contributed by atoms with Crippen LogP contribution in [0.15, 0.2) is 24.3 Å². The molecule has 0 saturated heterocycles. The lowest BCUT2D eigenvalue weighted by Gasteiger charge is -2.48. The second-order valence-electron chi connectivity index (χ2n) is 5.34. The van der Waals surface area contributed by atoms with Crippen LogP contribution in [-0.4, -0.2) is 12.8 Å². The first-order chi connectivity index (χ1) is 8.28. The first-order valence-corrected chi connectivity index (χ1v) is 6.59. The maximum Gasteiger partial charge on any atom is 0.163 e. The molecule has 1 aromatic carbocycles. The zero-order valence-corrected chi connectivity index (χ0v) is 10.3. The third-order valence-corrected chi connectivity index (χ3v) is 4.66. The highest BCUT2D eigenvalue weighted by molar-refractivity contribution is 5.99. The lowest BCUT2D eigenvalue weighted by atomic mass is 9.62. The van der Waals surface area contributed by atoms with Gasteiger partial charge in [-0.1, -0.05) is 37.1 Å². The molecule has 17 heavy (non-hydrogen) atoms. The number of nitrogens with one attached hydrogen (secondary N) is 1. The summed E-state index contributed by atoms with van der Waals surface area (Å²) in [5, 5.41) is 3.54. The standard InChI is InChI=1S/C15H19NO/c1-16-15-9-5-4-6-11(15)10-14(17)12-7-2-3-8-13(12)15/h2-3,7-8,11,16H,4-6,9-10H2,1H3/t11-,15+/m0/s1. The normalized spacial score (nSPS) is 31.8. The van der Waals surface area contributed by atoms with Crippen LogP contribution in [0.1, 0.15) is 48.0 Å². The van der Waals surface area contributed by atoms with E-state index in [-0.39, 0.29) is 5.54 Å². The summed E-state index contributed by atoms with van der Waals surface area (Å²) in [4.78, 5) is 12.2. The number of carbonyl (C=O) groups is 1. The maximum absolute atomic E-state index is 12.2. The molecule has 2 nitrogen and oxygen atoms in total. The van der Waals surface area contributed by atoms with Crippen LogP contribution in [0.2, 0.25) is 0 Å². The highest BCUT2D eigenvalue weighted by Gasteiger charge is 2.46. The predicted molar refractivity (Wildman–Crippen MR) is 68.1 cm³/mol. The Balaban J connectivity index is 2.17. The van der Waals surface area contributed by atoms with E-state index in [1.807, 2.05) is 19.2 Å². The van der Waals surface area contributed by atoms with E-state index in [0.29, 0.717) is 11.7 Å². The third kappa shape index (κ3) is 1.47. The molecular formula is C15H19NO. The molecule has 1 N–H and O–H groups in total. The second-order valence-corrected chi connectivity index (χ2v) is 5.34. The van der Waals surface area contributed by atoms with Gasteiger partial charge in [0, 0.05) is 17.5 Å². The van der Waals surface area contributed by atoms with Crippen LogP contribution < -0.4 is 5.32 Å². The summed E-state index contributed by atoms with van der Waals surface area (Å²) >= 11 is 0. The molecule has 0 spiro atoms. The number of benzene rings is 1. The molecule has 0 heterocycles. The van der Waals surface area contributed by atoms with E-state index in [9.17, 15) is 4.79 Å². The Kier molecular flexibility index (Phi) is 2.55. The van der Waals surface area contributed by atoms with Crippen LogP contribution in [0.3, 0.4) is 0 Å². The van der Waals surface area contributed by atoms with Gasteiger partial charge in [0.15, 0.2) is 5.78 Å². The fourth-order valence-electron chi connectivity index (χ4n) is 3.79. The third-order valence-electron chi connectivity index (χ3n) is 4.66. The van der Waals surface area contributed by atoms with Crippen molar-refractivity contribution in [2.24, 2.45) is 5.92 Å². The van der Waals surface area contributed by atoms with Gasteiger partial charge in [-0.05, 0) is 31.4 Å². The molecule has 90 valence electrons. The number of hydrogen-bond acceptors (Lipinski definition) is 2. The van der Waals surface area contributed by atoms with E-state index < -0.39 is 0 Å². The van der Waals surface area contributed by atoms with Gasteiger partial charge in [0.25, 0.3) is 0 Å². The molecule has 1 aromatic rings. The molecular weight excluding hydrogens is 210 g/mol. The molecule has 1 fully saturated rings. The van der Waals surface area contributed by atoms with Gasteiger partial charge >= 0.3 is 0 Å². The summed E-state index contributed by atoms with van der Waals surface area (Å²) in [7, 11) is 2.05. The molecule has 0 aliphatic heterocycles. The summed E-state index contributed by atoms with van der Waals surface area (Å²) < 4.78 is 0. The molecule has 2 aliphatic rings. The van der Waals surface area contributed by atoms with Crippen LogP contribution >= 0.6 is 0 Å². The van der Waals surface area contributed by atoms with Gasteiger partial charge in [-0.25, -0.2) is 0 Å². The van der Waals surface area contributed by atoms with Crippen molar-refractivity contribution in [3.63, 3.8) is 0 Å². The minimum absolute atomic E-state index is 0.0583. The molecule has 0 aromatic heterocycles. The monoisotopic (exact) mass is 229 g/mol. The smallest absolute Gasteiger partial charge is 0.163 e. The topological polar surface area (TPSA) is 29.1 Å². The predicted octanol–water partition coefficient (Wildman–Crippen LogP) is 2.88. The van der Waals surface area contributed by atoms with Gasteiger partial charge in [-0.2, -0.15) is 0 Å². The Morgan fingerprint density at radius 2 is 2.12 bits per heavy atom. The van der Waals surface area contributed by atoms with Gasteiger partial charge in [-0.3, -0.25) is 4.79 Å². The minimum Gasteiger partial charge on any atom is -0.310 e. The van der Waals surface area contributed by atoms with Crippen LogP contribution in [-0.2, 0) is 5.54 Å². The van der Waals surface area contributed by atoms with E-state index in [0.717, 1.165) is 12.0 Å². The average Bonchev–Trinajstić information content (AvgIpc) is 2.39. The lowest BCUT2D eigenvalue weighted by Crippen LogP contribution is -2.52. The van der Waals surface area contributed by atoms with Gasteiger partial charge in [-0.15, -0.1) is 0 Å². The highest BCUT2D eigenvalue weighted by Crippen LogP contribution is 2.47. The first kappa shape index (κ1) is 11.0. The zero-order valence-electron chi connectivity index (χ0n) is 10.3. The van der Waals surface area contributed by atoms with Crippen LogP contribution in [0, 0.1) is 5.92 Å². The molecule has 2 atom stereocenters. The SMILES string of the molecule is CN[C@]12CCCC[C@H]1CC(=O)c1ccccc12. The molecule has 0 amide bonds. The van der Waals surface area contributed by atoms with E-state index in [1.54, 1.807) is 0 Å². The number of Topliss-reactive ketones (excluding diaryl/α,β-unsaturated/α-hetero) is 1. The Hall–Kier alpha value is -1.15. The van der Waals surface area contributed by atoms with Gasteiger partial charge in [0.05, 0.1) is 0 Å². The van der Waals surface area contributed by atoms with Crippen LogP contribution in [0.4, 0.5) is 0 Å². The van der Waals surface area contributed by atoms with Gasteiger partial charge in [0.2, 0.25) is 0 Å². The Labute approximate surface area is 102 Å². The van der Waals surface area contributed by atoms with Crippen molar-refractivity contribution in [1.29, 1.82) is 0 Å². The number of hydrogen-bond donors (Lipinski definition) is 1. The summed E-state index contributed by atoms with van der Waals surface area (Å²) in [5.41, 5.74) is 2.24. The van der Waals surface area contributed by atoms with Crippen LogP contribution in [0.5, 0.6) is 0 Å². The molecule has 0 radical (unpaired) electrons. The molecule has 1 saturated carbocycles. The number of ketones is 1. The summed E-state index contributed by atoms with van der Waals surface area (Å²) in [6.07, 6.45) is 5.60. The van der Waals surface area contributed by atoms with Crippen molar-refractivity contribution < 1.29 is 4.79 Å². The summed E-state index contributed by atoms with van der Waals surface area (Å²) in [5.74, 6) is 0.821. The summed E-state index contributed by atoms with van der Waals surface area (Å²) in [6.45, 7) is 0. The largest absolute Gasteiger partial charge is 0.310 e. The van der Waals surface area contributed by atoms with Crippen molar-refractivity contribution in [3.8, 4) is 0 Å². The molecule has 2 aliphatic carbocycles. The van der Waals surface area contributed by atoms with Crippen LogP contribution in [0.25, 0.3) is 0 Å². The second kappa shape index (κ2) is 3.95. The van der Waals surface area contributed by atoms with E-state index in [4.69, 9.17) is 0 Å². The molecule has 3 rings (SSSR count). The number of rotatable bonds is 1. The highest BCUT2D eigenvalue weighted by atomic mass is 16.1. The molecule has 0 unspecified atom stereocenters. The van der Waals surface area contributed by atoms with Crippen molar-refractivity contribution in [2.45, 2.75) is 37.6 Å². The number of fused-ring (bicyclic) bond motifs is 3. The van der Waals surface area contributed by atoms with E-state index in [2.05, 4.69) is 17.4 Å². The Morgan fingerprint density at radius 1 is 1.29 bits per heavy atom. The van der Waals surface area contributed by atoms with Crippen molar-refractivity contribution >= 4 is 5.78 Å². The van der Waals surface area contributed by atoms with E-state index >= 15 is 0 Å². The lowest BCUT2D eigenvalue weighted by molar-refractivity contribution is 0.0790. The van der Waals surface area contributed by atoms with Gasteiger partial charge in [0.1, 0.15) is 0 Å². The van der Waals surface area contributed by atoms with E-state index in [1.165, 1.54) is 31.2 Å². The molecule has 0 bridgehead atoms. The fraction of sp³-hybridized carbons (Fsp3) is 0.533. The fourth-order valence-corrected chi connectivity index (χ4v) is 3.79. The number of carbonyl (C=O) groups excluding carboxylic acids is 1. The van der Waals surface area contributed by atoms with Crippen molar-refractivity contribution in [3.05, 3.63) is 35.4 Å². The zero-order chi connectivity index (χ0) is 11.9. The van der Waals surface area contributed by atoms with Gasteiger partial charge < -0.3 is 5.32 Å². The van der Waals surface area contributed by atoms with Crippen molar-refractivity contribution in [2.75, 3.05) is 7.05 Å². The Bertz CT molecular complexity index is 454. The minimum atomic E-state index is 0.0583. The maximum atomic E-state index is 12.2. The Morgan fingerprint density at radius 3 is 2.94 bits per heavy atom. The summed E-state index contributed by atoms with van der Waals surface area (Å²) in [6, 6.07) is 8.16.